The van der Waals surface area contributed by atoms with Crippen LogP contribution in [0.5, 0.6) is 17.2 Å². The number of hydrogen-bond acceptors (Lipinski definition) is 4. The number of anilines is 1. The Labute approximate surface area is 172 Å². The summed E-state index contributed by atoms with van der Waals surface area (Å²) < 4.78 is 6.02. The molecule has 148 valence electrons. The minimum Gasteiger partial charge on any atom is -0.507 e. The third-order valence-electron chi connectivity index (χ3n) is 4.24. The summed E-state index contributed by atoms with van der Waals surface area (Å²) in [6, 6.07) is 15.3. The first-order chi connectivity index (χ1) is 13.7. The number of aliphatic carboxylic acids is 1. The molecule has 0 heterocycles. The van der Waals surface area contributed by atoms with Crippen molar-refractivity contribution in [2.45, 2.75) is 13.8 Å². The zero-order chi connectivity index (χ0) is 21.1. The maximum absolute atomic E-state index is 11.4. The Morgan fingerprint density at radius 1 is 1.00 bits per heavy atom. The molecule has 29 heavy (non-hydrogen) atoms. The van der Waals surface area contributed by atoms with Crippen LogP contribution < -0.4 is 10.1 Å². The van der Waals surface area contributed by atoms with Gasteiger partial charge in [-0.2, -0.15) is 0 Å². The number of ether oxygens (including phenoxy) is 1. The number of aryl methyl sites for hydroxylation is 2. The molecule has 0 aliphatic carbocycles. The van der Waals surface area contributed by atoms with Gasteiger partial charge in [-0.25, -0.2) is 4.79 Å². The van der Waals surface area contributed by atoms with E-state index in [-0.39, 0.29) is 5.75 Å². The number of carbonyl (C=O) groups is 2. The average Bonchev–Trinajstić information content (AvgIpc) is 2.65. The highest BCUT2D eigenvalue weighted by atomic mass is 35.5. The number of hydrogen-bond donors (Lipinski definition) is 3. The lowest BCUT2D eigenvalue weighted by molar-refractivity contribution is -0.147. The lowest BCUT2D eigenvalue weighted by atomic mass is 10.0. The molecule has 0 fully saturated rings. The lowest BCUT2D eigenvalue weighted by Gasteiger charge is -2.15. The summed E-state index contributed by atoms with van der Waals surface area (Å²) in [6.45, 7) is 3.58. The van der Waals surface area contributed by atoms with Crippen molar-refractivity contribution in [3.05, 3.63) is 70.7 Å². The van der Waals surface area contributed by atoms with E-state index in [2.05, 4.69) is 5.32 Å². The zero-order valence-electron chi connectivity index (χ0n) is 15.7. The van der Waals surface area contributed by atoms with Gasteiger partial charge in [0.1, 0.15) is 17.2 Å². The number of phenolic OH excluding ortho intramolecular Hbond substituents is 1. The first-order valence-electron chi connectivity index (χ1n) is 8.67. The standard InChI is InChI=1S/C22H18ClNO5/c1-12-8-16(24-21(26)22(27)28)9-13(2)20(12)29-17-6-7-19(25)18(11-17)14-4-3-5-15(23)10-14/h3-11,25H,1-2H3,(H,24,26)(H,27,28). The number of phenols is 1. The molecule has 0 bridgehead atoms. The fourth-order valence-corrected chi connectivity index (χ4v) is 3.14. The van der Waals surface area contributed by atoms with Crippen LogP contribution in [0, 0.1) is 13.8 Å². The van der Waals surface area contributed by atoms with Crippen LogP contribution >= 0.6 is 11.6 Å². The Bertz CT molecular complexity index is 1090. The highest BCUT2D eigenvalue weighted by Crippen LogP contribution is 2.37. The first-order valence-corrected chi connectivity index (χ1v) is 9.04. The monoisotopic (exact) mass is 411 g/mol. The first kappa shape index (κ1) is 20.2. The van der Waals surface area contributed by atoms with Gasteiger partial charge in [-0.1, -0.05) is 23.7 Å². The van der Waals surface area contributed by atoms with Crippen molar-refractivity contribution < 1.29 is 24.5 Å². The van der Waals surface area contributed by atoms with E-state index in [0.717, 1.165) is 5.56 Å². The molecule has 0 aliphatic heterocycles. The summed E-state index contributed by atoms with van der Waals surface area (Å²) in [7, 11) is 0. The number of rotatable bonds is 4. The van der Waals surface area contributed by atoms with Gasteiger partial charge < -0.3 is 20.3 Å². The van der Waals surface area contributed by atoms with Gasteiger partial charge in [0.15, 0.2) is 0 Å². The Morgan fingerprint density at radius 2 is 1.69 bits per heavy atom. The molecule has 3 aromatic carbocycles. The van der Waals surface area contributed by atoms with Crippen LogP contribution in [0.1, 0.15) is 11.1 Å². The van der Waals surface area contributed by atoms with E-state index >= 15 is 0 Å². The maximum atomic E-state index is 11.4. The van der Waals surface area contributed by atoms with Crippen molar-refractivity contribution in [3.8, 4) is 28.4 Å². The smallest absolute Gasteiger partial charge is 0.394 e. The second kappa shape index (κ2) is 8.24. The van der Waals surface area contributed by atoms with Crippen LogP contribution in [0.3, 0.4) is 0 Å². The van der Waals surface area contributed by atoms with Crippen molar-refractivity contribution in [2.75, 3.05) is 5.32 Å². The predicted octanol–water partition coefficient (Wildman–Crippen LogP) is 5.14. The fourth-order valence-electron chi connectivity index (χ4n) is 2.95. The molecule has 0 saturated carbocycles. The number of carboxylic acids is 1. The summed E-state index contributed by atoms with van der Waals surface area (Å²) in [5, 5.41) is 21.8. The molecule has 1 amide bonds. The van der Waals surface area contributed by atoms with E-state index in [4.69, 9.17) is 21.4 Å². The molecular weight excluding hydrogens is 394 g/mol. The van der Waals surface area contributed by atoms with Gasteiger partial charge in [0.05, 0.1) is 0 Å². The number of amides is 1. The van der Waals surface area contributed by atoms with Gasteiger partial charge in [-0.3, -0.25) is 4.79 Å². The number of aromatic hydroxyl groups is 1. The summed E-state index contributed by atoms with van der Waals surface area (Å²) in [5.74, 6) is -1.49. The van der Waals surface area contributed by atoms with Crippen LogP contribution in [0.25, 0.3) is 11.1 Å². The fraction of sp³-hybridized carbons (Fsp3) is 0.0909. The quantitative estimate of drug-likeness (QED) is 0.516. The van der Waals surface area contributed by atoms with E-state index in [0.29, 0.717) is 38.9 Å². The predicted molar refractivity (Wildman–Crippen MR) is 111 cm³/mol. The molecule has 0 aromatic heterocycles. The molecule has 3 rings (SSSR count). The topological polar surface area (TPSA) is 95.9 Å². The van der Waals surface area contributed by atoms with E-state index in [1.807, 2.05) is 6.07 Å². The van der Waals surface area contributed by atoms with Crippen molar-refractivity contribution in [1.29, 1.82) is 0 Å². The molecule has 0 aliphatic rings. The number of carbonyl (C=O) groups excluding carboxylic acids is 1. The molecule has 3 N–H and O–H groups in total. The van der Waals surface area contributed by atoms with Gasteiger partial charge in [0.2, 0.25) is 0 Å². The highest BCUT2D eigenvalue weighted by molar-refractivity contribution is 6.36. The number of benzene rings is 3. The third-order valence-corrected chi connectivity index (χ3v) is 4.47. The third kappa shape index (κ3) is 4.67. The van der Waals surface area contributed by atoms with E-state index in [9.17, 15) is 14.7 Å². The van der Waals surface area contributed by atoms with Gasteiger partial charge in [0.25, 0.3) is 0 Å². The molecule has 0 unspecified atom stereocenters. The molecule has 3 aromatic rings. The van der Waals surface area contributed by atoms with Crippen LogP contribution in [0.2, 0.25) is 5.02 Å². The summed E-state index contributed by atoms with van der Waals surface area (Å²) in [5.41, 5.74) is 3.11. The largest absolute Gasteiger partial charge is 0.507 e. The van der Waals surface area contributed by atoms with Crippen molar-refractivity contribution in [1.82, 2.24) is 0 Å². The second-order valence-corrected chi connectivity index (χ2v) is 6.93. The highest BCUT2D eigenvalue weighted by Gasteiger charge is 2.15. The van der Waals surface area contributed by atoms with Gasteiger partial charge >= 0.3 is 11.9 Å². The maximum Gasteiger partial charge on any atom is 0.394 e. The second-order valence-electron chi connectivity index (χ2n) is 6.49. The van der Waals surface area contributed by atoms with Gasteiger partial charge in [-0.05, 0) is 73.0 Å². The van der Waals surface area contributed by atoms with Gasteiger partial charge in [0, 0.05) is 16.3 Å². The van der Waals surface area contributed by atoms with Crippen LogP contribution in [-0.4, -0.2) is 22.1 Å². The van der Waals surface area contributed by atoms with Crippen molar-refractivity contribution in [2.24, 2.45) is 0 Å². The van der Waals surface area contributed by atoms with Crippen LogP contribution in [0.15, 0.2) is 54.6 Å². The number of carboxylic acid groups (broad SMARTS) is 1. The summed E-state index contributed by atoms with van der Waals surface area (Å²) >= 11 is 6.05. The van der Waals surface area contributed by atoms with Gasteiger partial charge in [-0.15, -0.1) is 0 Å². The lowest BCUT2D eigenvalue weighted by Crippen LogP contribution is -2.21. The number of nitrogens with one attached hydrogen (secondary N) is 1. The molecule has 0 saturated heterocycles. The Kier molecular flexibility index (Phi) is 5.75. The van der Waals surface area contributed by atoms with E-state index < -0.39 is 11.9 Å². The van der Waals surface area contributed by atoms with Crippen molar-refractivity contribution in [3.63, 3.8) is 0 Å². The molecule has 7 heteroatoms. The molecule has 0 spiro atoms. The summed E-state index contributed by atoms with van der Waals surface area (Å²) in [4.78, 5) is 22.1. The van der Waals surface area contributed by atoms with E-state index in [1.165, 1.54) is 6.07 Å². The van der Waals surface area contributed by atoms with Crippen LogP contribution in [0.4, 0.5) is 5.69 Å². The SMILES string of the molecule is Cc1cc(NC(=O)C(=O)O)cc(C)c1Oc1ccc(O)c(-c2cccc(Cl)c2)c1. The van der Waals surface area contributed by atoms with E-state index in [1.54, 1.807) is 56.3 Å². The van der Waals surface area contributed by atoms with Crippen molar-refractivity contribution >= 4 is 29.2 Å². The molecule has 6 nitrogen and oxygen atoms in total. The minimum absolute atomic E-state index is 0.0970. The Balaban J connectivity index is 1.91. The zero-order valence-corrected chi connectivity index (χ0v) is 16.4. The average molecular weight is 412 g/mol. The molecule has 0 atom stereocenters. The minimum atomic E-state index is -1.56. The Hall–Kier alpha value is -3.51. The normalized spacial score (nSPS) is 10.4. The summed E-state index contributed by atoms with van der Waals surface area (Å²) in [6.07, 6.45) is 0. The van der Waals surface area contributed by atoms with Crippen LogP contribution in [-0.2, 0) is 9.59 Å². The molecule has 0 radical (unpaired) electrons. The number of halogens is 1. The molecular formula is C22H18ClNO5. The Morgan fingerprint density at radius 3 is 2.31 bits per heavy atom.